The number of esters is 1. The predicted octanol–water partition coefficient (Wildman–Crippen LogP) is -0.336. The number of hydrogen-bond acceptors (Lipinski definition) is 4. The average Bonchev–Trinajstić information content (AvgIpc) is 2.30. The number of carbonyl (C=O) groups is 3. The van der Waals surface area contributed by atoms with Gasteiger partial charge >= 0.3 is 5.97 Å². The highest BCUT2D eigenvalue weighted by atomic mass is 16.5. The van der Waals surface area contributed by atoms with Gasteiger partial charge in [0.25, 0.3) is 0 Å². The fourth-order valence-electron chi connectivity index (χ4n) is 1.93. The first kappa shape index (κ1) is 13.5. The molecule has 0 spiro atoms. The van der Waals surface area contributed by atoms with Crippen LogP contribution in [0.4, 0.5) is 0 Å². The molecule has 1 aliphatic heterocycles. The lowest BCUT2D eigenvalue weighted by molar-refractivity contribution is -0.150. The minimum atomic E-state index is -0.376. The summed E-state index contributed by atoms with van der Waals surface area (Å²) in [5, 5.41) is 0. The molecule has 1 saturated heterocycles. The Balaban J connectivity index is 2.43. The van der Waals surface area contributed by atoms with E-state index in [1.54, 1.807) is 4.90 Å². The summed E-state index contributed by atoms with van der Waals surface area (Å²) in [6.07, 6.45) is 1.69. The van der Waals surface area contributed by atoms with Gasteiger partial charge in [-0.1, -0.05) is 0 Å². The third kappa shape index (κ3) is 4.05. The summed E-state index contributed by atoms with van der Waals surface area (Å²) >= 11 is 0. The summed E-state index contributed by atoms with van der Waals surface area (Å²) in [6.45, 7) is 0.847. The summed E-state index contributed by atoms with van der Waals surface area (Å²) in [5.41, 5.74) is 5.02. The van der Waals surface area contributed by atoms with Crippen LogP contribution in [0.15, 0.2) is 0 Å². The van der Waals surface area contributed by atoms with Crippen molar-refractivity contribution in [2.45, 2.75) is 25.7 Å². The number of likely N-dealkylation sites (tertiary alicyclic amines) is 1. The molecule has 1 rings (SSSR count). The second kappa shape index (κ2) is 6.22. The number of amides is 2. The molecule has 0 bridgehead atoms. The Hall–Kier alpha value is -1.59. The van der Waals surface area contributed by atoms with Crippen molar-refractivity contribution in [2.24, 2.45) is 11.7 Å². The maximum absolute atomic E-state index is 11.6. The van der Waals surface area contributed by atoms with Crippen LogP contribution in [0.25, 0.3) is 0 Å². The van der Waals surface area contributed by atoms with Crippen LogP contribution < -0.4 is 5.73 Å². The molecule has 0 aromatic rings. The van der Waals surface area contributed by atoms with Crippen molar-refractivity contribution in [2.75, 3.05) is 20.2 Å². The van der Waals surface area contributed by atoms with Crippen molar-refractivity contribution < 1.29 is 19.1 Å². The molecule has 1 fully saturated rings. The summed E-state index contributed by atoms with van der Waals surface area (Å²) < 4.78 is 4.66. The minimum Gasteiger partial charge on any atom is -0.469 e. The fourth-order valence-corrected chi connectivity index (χ4v) is 1.93. The molecule has 0 aromatic carbocycles. The second-order valence-corrected chi connectivity index (χ2v) is 4.17. The lowest BCUT2D eigenvalue weighted by atomic mass is 9.97. The van der Waals surface area contributed by atoms with Crippen molar-refractivity contribution in [3.63, 3.8) is 0 Å². The van der Waals surface area contributed by atoms with Gasteiger partial charge in [0, 0.05) is 25.9 Å². The SMILES string of the molecule is COC(=O)[C@H]1CCC(=O)N(CCCC(N)=O)C1. The molecule has 2 amide bonds. The van der Waals surface area contributed by atoms with Crippen LogP contribution in [0.5, 0.6) is 0 Å². The number of methoxy groups -OCH3 is 1. The zero-order chi connectivity index (χ0) is 12.8. The van der Waals surface area contributed by atoms with Crippen LogP contribution >= 0.6 is 0 Å². The second-order valence-electron chi connectivity index (χ2n) is 4.17. The number of primary amides is 1. The van der Waals surface area contributed by atoms with E-state index in [0.717, 1.165) is 0 Å². The lowest BCUT2D eigenvalue weighted by Crippen LogP contribution is -2.43. The molecule has 6 heteroatoms. The standard InChI is InChI=1S/C11H18N2O4/c1-17-11(16)8-4-5-10(15)13(7-8)6-2-3-9(12)14/h8H,2-7H2,1H3,(H2,12,14)/t8-/m0/s1. The van der Waals surface area contributed by atoms with Gasteiger partial charge in [0.05, 0.1) is 13.0 Å². The number of hydrogen-bond donors (Lipinski definition) is 1. The quantitative estimate of drug-likeness (QED) is 0.668. The molecule has 6 nitrogen and oxygen atoms in total. The Kier molecular flexibility index (Phi) is 4.93. The highest BCUT2D eigenvalue weighted by molar-refractivity contribution is 5.81. The van der Waals surface area contributed by atoms with Crippen LogP contribution in [0, 0.1) is 5.92 Å². The van der Waals surface area contributed by atoms with E-state index in [-0.39, 0.29) is 30.1 Å². The summed E-state index contributed by atoms with van der Waals surface area (Å²) in [5.74, 6) is -0.878. The molecule has 0 saturated carbocycles. The molecule has 96 valence electrons. The zero-order valence-electron chi connectivity index (χ0n) is 9.98. The van der Waals surface area contributed by atoms with Crippen molar-refractivity contribution in [3.8, 4) is 0 Å². The van der Waals surface area contributed by atoms with Crippen LogP contribution in [0.2, 0.25) is 0 Å². The van der Waals surface area contributed by atoms with Crippen molar-refractivity contribution in [3.05, 3.63) is 0 Å². The van der Waals surface area contributed by atoms with Crippen LogP contribution in [-0.4, -0.2) is 42.9 Å². The van der Waals surface area contributed by atoms with E-state index in [0.29, 0.717) is 32.4 Å². The van der Waals surface area contributed by atoms with Gasteiger partial charge in [0.2, 0.25) is 11.8 Å². The highest BCUT2D eigenvalue weighted by Gasteiger charge is 2.30. The number of piperidine rings is 1. The van der Waals surface area contributed by atoms with Crippen LogP contribution in [0.1, 0.15) is 25.7 Å². The van der Waals surface area contributed by atoms with Gasteiger partial charge in [-0.2, -0.15) is 0 Å². The van der Waals surface area contributed by atoms with Gasteiger partial charge in [-0.3, -0.25) is 14.4 Å². The summed E-state index contributed by atoms with van der Waals surface area (Å²) in [6, 6.07) is 0. The highest BCUT2D eigenvalue weighted by Crippen LogP contribution is 2.19. The van der Waals surface area contributed by atoms with E-state index in [2.05, 4.69) is 4.74 Å². The molecular formula is C11H18N2O4. The first-order valence-corrected chi connectivity index (χ1v) is 5.68. The molecule has 0 aliphatic carbocycles. The van der Waals surface area contributed by atoms with E-state index in [1.807, 2.05) is 0 Å². The predicted molar refractivity (Wildman–Crippen MR) is 59.7 cm³/mol. The summed E-state index contributed by atoms with van der Waals surface area (Å²) in [4.78, 5) is 35.1. The van der Waals surface area contributed by atoms with E-state index in [1.165, 1.54) is 7.11 Å². The number of nitrogens with zero attached hydrogens (tertiary/aromatic N) is 1. The van der Waals surface area contributed by atoms with Gasteiger partial charge in [-0.15, -0.1) is 0 Å². The zero-order valence-corrected chi connectivity index (χ0v) is 9.98. The van der Waals surface area contributed by atoms with Crippen molar-refractivity contribution in [1.82, 2.24) is 4.90 Å². The Labute approximate surface area is 100 Å². The molecular weight excluding hydrogens is 224 g/mol. The molecule has 0 radical (unpaired) electrons. The van der Waals surface area contributed by atoms with Crippen LogP contribution in [-0.2, 0) is 19.1 Å². The maximum Gasteiger partial charge on any atom is 0.310 e. The van der Waals surface area contributed by atoms with Crippen molar-refractivity contribution in [1.29, 1.82) is 0 Å². The Bertz CT molecular complexity index is 317. The molecule has 2 N–H and O–H groups in total. The van der Waals surface area contributed by atoms with E-state index < -0.39 is 0 Å². The largest absolute Gasteiger partial charge is 0.469 e. The Morgan fingerprint density at radius 1 is 1.53 bits per heavy atom. The first-order chi connectivity index (χ1) is 8.04. The summed E-state index contributed by atoms with van der Waals surface area (Å²) in [7, 11) is 1.34. The number of ether oxygens (including phenoxy) is 1. The number of carbonyl (C=O) groups excluding carboxylic acids is 3. The number of nitrogens with two attached hydrogens (primary N) is 1. The van der Waals surface area contributed by atoms with Crippen molar-refractivity contribution >= 4 is 17.8 Å². The van der Waals surface area contributed by atoms with Gasteiger partial charge in [0.15, 0.2) is 0 Å². The molecule has 1 aliphatic rings. The topological polar surface area (TPSA) is 89.7 Å². The van der Waals surface area contributed by atoms with E-state index in [4.69, 9.17) is 5.73 Å². The smallest absolute Gasteiger partial charge is 0.310 e. The van der Waals surface area contributed by atoms with Crippen LogP contribution in [0.3, 0.4) is 0 Å². The first-order valence-electron chi connectivity index (χ1n) is 5.68. The number of rotatable bonds is 5. The maximum atomic E-state index is 11.6. The molecule has 1 atom stereocenters. The molecule has 0 unspecified atom stereocenters. The molecule has 17 heavy (non-hydrogen) atoms. The minimum absolute atomic E-state index is 0.0228. The van der Waals surface area contributed by atoms with Gasteiger partial charge < -0.3 is 15.4 Å². The molecule has 0 aromatic heterocycles. The van der Waals surface area contributed by atoms with Gasteiger partial charge in [-0.25, -0.2) is 0 Å². The van der Waals surface area contributed by atoms with Gasteiger partial charge in [0.1, 0.15) is 0 Å². The third-order valence-corrected chi connectivity index (χ3v) is 2.89. The van der Waals surface area contributed by atoms with E-state index in [9.17, 15) is 14.4 Å². The normalized spacial score (nSPS) is 20.2. The monoisotopic (exact) mass is 242 g/mol. The lowest BCUT2D eigenvalue weighted by Gasteiger charge is -2.31. The third-order valence-electron chi connectivity index (χ3n) is 2.89. The Morgan fingerprint density at radius 3 is 2.82 bits per heavy atom. The van der Waals surface area contributed by atoms with Gasteiger partial charge in [-0.05, 0) is 12.8 Å². The average molecular weight is 242 g/mol. The van der Waals surface area contributed by atoms with E-state index >= 15 is 0 Å². The Morgan fingerprint density at radius 2 is 2.24 bits per heavy atom. The fraction of sp³-hybridized carbons (Fsp3) is 0.727. The molecule has 1 heterocycles.